The number of fused-ring (bicyclic) bond motifs is 1. The van der Waals surface area contributed by atoms with Crippen LogP contribution in [0.3, 0.4) is 0 Å². The monoisotopic (exact) mass is 428 g/mol. The largest absolute Gasteiger partial charge is 0.343 e. The van der Waals surface area contributed by atoms with Gasteiger partial charge < -0.3 is 5.32 Å². The van der Waals surface area contributed by atoms with E-state index in [-0.39, 0.29) is 22.8 Å². The van der Waals surface area contributed by atoms with Gasteiger partial charge in [-0.05, 0) is 31.2 Å². The minimum Gasteiger partial charge on any atom is -0.300 e. The van der Waals surface area contributed by atoms with E-state index < -0.39 is 22.0 Å². The summed E-state index contributed by atoms with van der Waals surface area (Å²) in [5.41, 5.74) is 1.30. The van der Waals surface area contributed by atoms with Crippen LogP contribution >= 0.6 is 11.3 Å². The van der Waals surface area contributed by atoms with Crippen LogP contribution in [0.5, 0.6) is 0 Å². The average molecular weight is 428 g/mol. The first kappa shape index (κ1) is 19.1. The molecule has 3 amide bonds. The number of nitrogens with one attached hydrogen (secondary N) is 1. The van der Waals surface area contributed by atoms with Gasteiger partial charge in [0.25, 0.3) is 10.0 Å². The Morgan fingerprint density at radius 2 is 1.86 bits per heavy atom. The Morgan fingerprint density at radius 1 is 1.14 bits per heavy atom. The summed E-state index contributed by atoms with van der Waals surface area (Å²) in [6.07, 6.45) is 1.55. The fourth-order valence-electron chi connectivity index (χ4n) is 2.98. The van der Waals surface area contributed by atoms with Crippen LogP contribution in [0.2, 0.25) is 0 Å². The van der Waals surface area contributed by atoms with Gasteiger partial charge in [-0.25, -0.2) is 18.2 Å². The number of rotatable bonds is 4. The minimum atomic E-state index is -4.12. The second kappa shape index (κ2) is 7.30. The molecule has 148 valence electrons. The standard InChI is InChI=1S/C19H16N4O4S2/c1-13-6-8-14(9-7-13)23-19(25)22(12-17(24)21-18-20-10-11-28-18)15-4-2-3-5-16(15)29(23,26)27/h2-11H,12H2,1H3,(H,20,21,24). The topological polar surface area (TPSA) is 99.7 Å². The highest BCUT2D eigenvalue weighted by Crippen LogP contribution is 2.37. The van der Waals surface area contributed by atoms with Crippen LogP contribution in [0.25, 0.3) is 0 Å². The number of amides is 3. The van der Waals surface area contributed by atoms with E-state index in [2.05, 4.69) is 10.3 Å². The highest BCUT2D eigenvalue weighted by atomic mass is 32.2. The van der Waals surface area contributed by atoms with E-state index in [0.717, 1.165) is 14.8 Å². The number of aryl methyl sites for hydroxylation is 1. The highest BCUT2D eigenvalue weighted by Gasteiger charge is 2.43. The van der Waals surface area contributed by atoms with E-state index in [9.17, 15) is 18.0 Å². The van der Waals surface area contributed by atoms with Crippen molar-refractivity contribution < 1.29 is 18.0 Å². The number of carbonyl (C=O) groups excluding carboxylic acids is 2. The Bertz CT molecular complexity index is 1180. The molecule has 0 radical (unpaired) electrons. The third-order valence-corrected chi connectivity index (χ3v) is 6.77. The smallest absolute Gasteiger partial charge is 0.300 e. The molecular formula is C19H16N4O4S2. The summed E-state index contributed by atoms with van der Waals surface area (Å²) in [4.78, 5) is 30.8. The van der Waals surface area contributed by atoms with Crippen LogP contribution in [-0.2, 0) is 14.8 Å². The molecule has 0 bridgehead atoms. The molecular weight excluding hydrogens is 412 g/mol. The number of para-hydroxylation sites is 1. The van der Waals surface area contributed by atoms with Crippen molar-refractivity contribution in [1.82, 2.24) is 4.98 Å². The summed E-state index contributed by atoms with van der Waals surface area (Å²) < 4.78 is 27.0. The number of urea groups is 1. The molecule has 2 heterocycles. The Morgan fingerprint density at radius 3 is 2.55 bits per heavy atom. The third-order valence-electron chi connectivity index (χ3n) is 4.33. The van der Waals surface area contributed by atoms with Gasteiger partial charge in [0.05, 0.1) is 11.4 Å². The van der Waals surface area contributed by atoms with Gasteiger partial charge in [0.2, 0.25) is 5.91 Å². The van der Waals surface area contributed by atoms with Crippen molar-refractivity contribution in [3.8, 4) is 0 Å². The highest BCUT2D eigenvalue weighted by molar-refractivity contribution is 7.94. The molecule has 0 aliphatic carbocycles. The number of hydrogen-bond donors (Lipinski definition) is 1. The van der Waals surface area contributed by atoms with E-state index in [1.54, 1.807) is 48.0 Å². The maximum Gasteiger partial charge on any atom is 0.343 e. The molecule has 29 heavy (non-hydrogen) atoms. The zero-order chi connectivity index (χ0) is 20.6. The van der Waals surface area contributed by atoms with Crippen molar-refractivity contribution >= 4 is 49.8 Å². The first-order valence-corrected chi connectivity index (χ1v) is 10.9. The normalized spacial score (nSPS) is 15.1. The van der Waals surface area contributed by atoms with Crippen LogP contribution in [0.1, 0.15) is 5.56 Å². The molecule has 0 spiro atoms. The molecule has 0 saturated heterocycles. The summed E-state index contributed by atoms with van der Waals surface area (Å²) in [5, 5.41) is 4.72. The van der Waals surface area contributed by atoms with E-state index in [1.165, 1.54) is 23.5 Å². The molecule has 1 aromatic heterocycles. The molecule has 0 fully saturated rings. The van der Waals surface area contributed by atoms with Crippen molar-refractivity contribution in [2.45, 2.75) is 11.8 Å². The molecule has 0 unspecified atom stereocenters. The quantitative estimate of drug-likeness (QED) is 0.688. The minimum absolute atomic E-state index is 0.0396. The molecule has 4 rings (SSSR count). The summed E-state index contributed by atoms with van der Waals surface area (Å²) in [6, 6.07) is 11.9. The summed E-state index contributed by atoms with van der Waals surface area (Å²) >= 11 is 1.25. The van der Waals surface area contributed by atoms with Crippen molar-refractivity contribution in [2.24, 2.45) is 0 Å². The lowest BCUT2D eigenvalue weighted by Gasteiger charge is -2.35. The molecule has 1 aliphatic heterocycles. The predicted octanol–water partition coefficient (Wildman–Crippen LogP) is 3.23. The van der Waals surface area contributed by atoms with Gasteiger partial charge in [-0.15, -0.1) is 11.3 Å². The third kappa shape index (κ3) is 3.47. The molecule has 3 aromatic rings. The zero-order valence-electron chi connectivity index (χ0n) is 15.3. The predicted molar refractivity (Wildman–Crippen MR) is 111 cm³/mol. The Balaban J connectivity index is 1.75. The van der Waals surface area contributed by atoms with E-state index >= 15 is 0 Å². The zero-order valence-corrected chi connectivity index (χ0v) is 16.9. The number of hydrogen-bond acceptors (Lipinski definition) is 6. The van der Waals surface area contributed by atoms with E-state index in [1.807, 2.05) is 6.92 Å². The summed E-state index contributed by atoms with van der Waals surface area (Å²) in [6.45, 7) is 1.51. The van der Waals surface area contributed by atoms with Crippen LogP contribution in [-0.4, -0.2) is 31.9 Å². The first-order valence-electron chi connectivity index (χ1n) is 8.60. The molecule has 8 nitrogen and oxygen atoms in total. The second-order valence-electron chi connectivity index (χ2n) is 6.33. The lowest BCUT2D eigenvalue weighted by molar-refractivity contribution is -0.114. The number of benzene rings is 2. The number of aromatic nitrogens is 1. The Kier molecular flexibility index (Phi) is 4.81. The number of carbonyl (C=O) groups is 2. The fraction of sp³-hybridized carbons (Fsp3) is 0.105. The van der Waals surface area contributed by atoms with Gasteiger partial charge in [-0.2, -0.15) is 4.31 Å². The maximum atomic E-state index is 13.2. The summed E-state index contributed by atoms with van der Waals surface area (Å²) in [7, 11) is -4.12. The van der Waals surface area contributed by atoms with Crippen LogP contribution in [0, 0.1) is 6.92 Å². The van der Waals surface area contributed by atoms with Crippen LogP contribution in [0.15, 0.2) is 65.0 Å². The molecule has 0 atom stereocenters. The molecule has 1 N–H and O–H groups in total. The molecule has 10 heteroatoms. The Labute approximate surface area is 171 Å². The number of thiazole rings is 1. The number of sulfonamides is 1. The Hall–Kier alpha value is -3.24. The van der Waals surface area contributed by atoms with Crippen molar-refractivity contribution in [1.29, 1.82) is 0 Å². The second-order valence-corrected chi connectivity index (χ2v) is 8.98. The van der Waals surface area contributed by atoms with Gasteiger partial charge in [0.1, 0.15) is 11.4 Å². The van der Waals surface area contributed by atoms with Gasteiger partial charge in [0, 0.05) is 11.6 Å². The summed E-state index contributed by atoms with van der Waals surface area (Å²) in [5.74, 6) is -0.480. The van der Waals surface area contributed by atoms with Crippen molar-refractivity contribution in [2.75, 3.05) is 21.1 Å². The van der Waals surface area contributed by atoms with Crippen LogP contribution < -0.4 is 14.5 Å². The number of anilines is 3. The van der Waals surface area contributed by atoms with E-state index in [4.69, 9.17) is 0 Å². The average Bonchev–Trinajstić information content (AvgIpc) is 3.19. The van der Waals surface area contributed by atoms with Crippen LogP contribution in [0.4, 0.5) is 21.3 Å². The van der Waals surface area contributed by atoms with Gasteiger partial charge in [-0.1, -0.05) is 29.8 Å². The van der Waals surface area contributed by atoms with Gasteiger partial charge >= 0.3 is 6.03 Å². The maximum absolute atomic E-state index is 13.2. The fourth-order valence-corrected chi connectivity index (χ4v) is 5.12. The van der Waals surface area contributed by atoms with Crippen molar-refractivity contribution in [3.63, 3.8) is 0 Å². The number of nitrogens with zero attached hydrogens (tertiary/aromatic N) is 3. The van der Waals surface area contributed by atoms with E-state index in [0.29, 0.717) is 5.13 Å². The lowest BCUT2D eigenvalue weighted by Crippen LogP contribution is -2.53. The molecule has 2 aromatic carbocycles. The molecule has 0 saturated carbocycles. The lowest BCUT2D eigenvalue weighted by atomic mass is 10.2. The molecule has 1 aliphatic rings. The SMILES string of the molecule is Cc1ccc(N2C(=O)N(CC(=O)Nc3nccs3)c3ccccc3S2(=O)=O)cc1. The van der Waals surface area contributed by atoms with Crippen molar-refractivity contribution in [3.05, 3.63) is 65.7 Å². The first-order chi connectivity index (χ1) is 13.9. The van der Waals surface area contributed by atoms with Gasteiger partial charge in [-0.3, -0.25) is 9.69 Å². The van der Waals surface area contributed by atoms with Gasteiger partial charge in [0.15, 0.2) is 5.13 Å².